The van der Waals surface area contributed by atoms with E-state index >= 15 is 0 Å². The number of rotatable bonds is 2. The Balaban J connectivity index is 1.77. The van der Waals surface area contributed by atoms with Crippen LogP contribution in [0.1, 0.15) is 46.5 Å². The van der Waals surface area contributed by atoms with Gasteiger partial charge in [0.25, 0.3) is 5.91 Å². The first-order chi connectivity index (χ1) is 9.65. The van der Waals surface area contributed by atoms with E-state index in [0.29, 0.717) is 17.2 Å². The number of amides is 1. The Kier molecular flexibility index (Phi) is 3.34. The summed E-state index contributed by atoms with van der Waals surface area (Å²) in [4.78, 5) is 22.0. The predicted molar refractivity (Wildman–Crippen MR) is 74.6 cm³/mol. The van der Waals surface area contributed by atoms with E-state index in [9.17, 15) is 4.79 Å². The molecule has 5 heteroatoms. The normalized spacial score (nSPS) is 19.3. The first-order valence-electron chi connectivity index (χ1n) is 7.00. The van der Waals surface area contributed by atoms with Crippen LogP contribution in [0.4, 0.5) is 0 Å². The van der Waals surface area contributed by atoms with Gasteiger partial charge in [0.05, 0.1) is 5.56 Å². The van der Waals surface area contributed by atoms with E-state index in [1.807, 2.05) is 31.0 Å². The van der Waals surface area contributed by atoms with Crippen LogP contribution in [0.3, 0.4) is 0 Å². The van der Waals surface area contributed by atoms with Gasteiger partial charge in [-0.25, -0.2) is 4.98 Å². The molecule has 0 saturated carbocycles. The van der Waals surface area contributed by atoms with Crippen LogP contribution >= 0.6 is 0 Å². The maximum absolute atomic E-state index is 12.6. The van der Waals surface area contributed by atoms with Gasteiger partial charge in [0.15, 0.2) is 0 Å². The summed E-state index contributed by atoms with van der Waals surface area (Å²) in [6.45, 7) is 5.23. The molecule has 1 amide bonds. The van der Waals surface area contributed by atoms with Crippen LogP contribution in [0.2, 0.25) is 0 Å². The van der Waals surface area contributed by atoms with E-state index in [-0.39, 0.29) is 5.91 Å². The lowest BCUT2D eigenvalue weighted by atomic mass is 9.96. The Bertz CT molecular complexity index is 601. The van der Waals surface area contributed by atoms with E-state index in [4.69, 9.17) is 4.42 Å². The van der Waals surface area contributed by atoms with Crippen molar-refractivity contribution >= 4 is 5.91 Å². The molecule has 1 saturated heterocycles. The van der Waals surface area contributed by atoms with Gasteiger partial charge in [-0.15, -0.1) is 0 Å². The van der Waals surface area contributed by atoms with Crippen molar-refractivity contribution in [2.24, 2.45) is 0 Å². The maximum Gasteiger partial charge on any atom is 0.257 e. The first-order valence-corrected chi connectivity index (χ1v) is 7.00. The minimum atomic E-state index is 0.0654. The number of aromatic nitrogens is 2. The number of nitrogens with zero attached hydrogens (tertiary/aromatic N) is 2. The second-order valence-corrected chi connectivity index (χ2v) is 5.39. The van der Waals surface area contributed by atoms with E-state index in [1.165, 1.54) is 0 Å². The summed E-state index contributed by atoms with van der Waals surface area (Å²) in [5, 5.41) is 0. The fourth-order valence-corrected chi connectivity index (χ4v) is 2.90. The Morgan fingerprint density at radius 2 is 2.35 bits per heavy atom. The Morgan fingerprint density at radius 1 is 1.50 bits per heavy atom. The van der Waals surface area contributed by atoms with Gasteiger partial charge in [-0.3, -0.25) is 4.79 Å². The molecule has 0 aliphatic carbocycles. The zero-order valence-electron chi connectivity index (χ0n) is 11.8. The summed E-state index contributed by atoms with van der Waals surface area (Å²) in [6, 6.07) is 1.83. The molecule has 1 atom stereocenters. The van der Waals surface area contributed by atoms with Gasteiger partial charge in [0, 0.05) is 31.4 Å². The zero-order valence-corrected chi connectivity index (χ0v) is 11.8. The average molecular weight is 273 g/mol. The number of aromatic amines is 1. The van der Waals surface area contributed by atoms with Gasteiger partial charge in [-0.2, -0.15) is 0 Å². The monoisotopic (exact) mass is 273 g/mol. The number of imidazole rings is 1. The van der Waals surface area contributed by atoms with Gasteiger partial charge in [0.1, 0.15) is 17.3 Å². The Hall–Kier alpha value is -2.04. The number of piperidine rings is 1. The molecule has 106 valence electrons. The van der Waals surface area contributed by atoms with E-state index in [1.54, 1.807) is 6.20 Å². The molecule has 5 nitrogen and oxygen atoms in total. The van der Waals surface area contributed by atoms with Crippen LogP contribution in [-0.2, 0) is 0 Å². The van der Waals surface area contributed by atoms with Crippen LogP contribution in [0.25, 0.3) is 0 Å². The van der Waals surface area contributed by atoms with E-state index in [0.717, 1.165) is 37.5 Å². The third kappa shape index (κ3) is 2.35. The maximum atomic E-state index is 12.6. The molecular weight excluding hydrogens is 254 g/mol. The fourth-order valence-electron chi connectivity index (χ4n) is 2.90. The van der Waals surface area contributed by atoms with Crippen LogP contribution in [0, 0.1) is 13.8 Å². The molecule has 0 bridgehead atoms. The van der Waals surface area contributed by atoms with Gasteiger partial charge in [-0.1, -0.05) is 0 Å². The van der Waals surface area contributed by atoms with Crippen LogP contribution in [0.15, 0.2) is 22.9 Å². The Labute approximate surface area is 118 Å². The molecule has 0 radical (unpaired) electrons. The van der Waals surface area contributed by atoms with Crippen molar-refractivity contribution in [1.29, 1.82) is 0 Å². The molecule has 1 fully saturated rings. The third-order valence-corrected chi connectivity index (χ3v) is 3.89. The largest absolute Gasteiger partial charge is 0.466 e. The molecule has 3 rings (SSSR count). The fraction of sp³-hybridized carbons (Fsp3) is 0.467. The van der Waals surface area contributed by atoms with Crippen molar-refractivity contribution in [3.8, 4) is 0 Å². The highest BCUT2D eigenvalue weighted by molar-refractivity contribution is 5.95. The average Bonchev–Trinajstić information content (AvgIpc) is 3.08. The van der Waals surface area contributed by atoms with Crippen molar-refractivity contribution < 1.29 is 9.21 Å². The molecule has 0 unspecified atom stereocenters. The lowest BCUT2D eigenvalue weighted by Gasteiger charge is -2.31. The highest BCUT2D eigenvalue weighted by Crippen LogP contribution is 2.26. The molecule has 2 aromatic heterocycles. The minimum Gasteiger partial charge on any atom is -0.466 e. The molecule has 2 aromatic rings. The molecule has 1 N–H and O–H groups in total. The van der Waals surface area contributed by atoms with Gasteiger partial charge < -0.3 is 14.3 Å². The topological polar surface area (TPSA) is 62.1 Å². The van der Waals surface area contributed by atoms with Crippen molar-refractivity contribution in [3.05, 3.63) is 41.4 Å². The smallest absolute Gasteiger partial charge is 0.257 e. The number of hydrogen-bond acceptors (Lipinski definition) is 3. The molecule has 0 aromatic carbocycles. The lowest BCUT2D eigenvalue weighted by molar-refractivity contribution is 0.0703. The molecule has 0 spiro atoms. The van der Waals surface area contributed by atoms with Crippen molar-refractivity contribution in [3.63, 3.8) is 0 Å². The van der Waals surface area contributed by atoms with Gasteiger partial charge >= 0.3 is 0 Å². The highest BCUT2D eigenvalue weighted by Gasteiger charge is 2.28. The summed E-state index contributed by atoms with van der Waals surface area (Å²) in [7, 11) is 0. The summed E-state index contributed by atoms with van der Waals surface area (Å²) in [5.74, 6) is 2.83. The van der Waals surface area contributed by atoms with Crippen LogP contribution in [0.5, 0.6) is 0 Å². The Morgan fingerprint density at radius 3 is 3.00 bits per heavy atom. The summed E-state index contributed by atoms with van der Waals surface area (Å²) in [5.41, 5.74) is 0.683. The van der Waals surface area contributed by atoms with Gasteiger partial charge in [0.2, 0.25) is 0 Å². The summed E-state index contributed by atoms with van der Waals surface area (Å²) in [6.07, 6.45) is 5.67. The number of carbonyl (C=O) groups is 1. The SMILES string of the molecule is Cc1cc(C(=O)N2CCC[C@@H](c3ncc[nH]3)C2)c(C)o1. The highest BCUT2D eigenvalue weighted by atomic mass is 16.3. The second kappa shape index (κ2) is 5.15. The van der Waals surface area contributed by atoms with E-state index < -0.39 is 0 Å². The minimum absolute atomic E-state index is 0.0654. The standard InChI is InChI=1S/C15H19N3O2/c1-10-8-13(11(2)20-10)15(19)18-7-3-4-12(9-18)14-16-5-6-17-14/h5-6,8,12H,3-4,7,9H2,1-2H3,(H,16,17)/t12-/m1/s1. The van der Waals surface area contributed by atoms with Crippen molar-refractivity contribution in [2.45, 2.75) is 32.6 Å². The van der Waals surface area contributed by atoms with Crippen LogP contribution in [-0.4, -0.2) is 33.9 Å². The first kappa shape index (κ1) is 13.0. The second-order valence-electron chi connectivity index (χ2n) is 5.39. The van der Waals surface area contributed by atoms with E-state index in [2.05, 4.69) is 9.97 Å². The van der Waals surface area contributed by atoms with Crippen molar-refractivity contribution in [2.75, 3.05) is 13.1 Å². The number of likely N-dealkylation sites (tertiary alicyclic amines) is 1. The number of hydrogen-bond donors (Lipinski definition) is 1. The summed E-state index contributed by atoms with van der Waals surface area (Å²) < 4.78 is 5.46. The predicted octanol–water partition coefficient (Wildman–Crippen LogP) is 2.64. The molecule has 3 heterocycles. The number of carbonyl (C=O) groups excluding carboxylic acids is 1. The number of nitrogens with one attached hydrogen (secondary N) is 1. The summed E-state index contributed by atoms with van der Waals surface area (Å²) >= 11 is 0. The van der Waals surface area contributed by atoms with Gasteiger partial charge in [-0.05, 0) is 32.8 Å². The van der Waals surface area contributed by atoms with Crippen LogP contribution < -0.4 is 0 Å². The van der Waals surface area contributed by atoms with Crippen molar-refractivity contribution in [1.82, 2.24) is 14.9 Å². The number of H-pyrrole nitrogens is 1. The zero-order chi connectivity index (χ0) is 14.1. The molecule has 20 heavy (non-hydrogen) atoms. The molecule has 1 aliphatic heterocycles. The third-order valence-electron chi connectivity index (χ3n) is 3.89. The number of furan rings is 1. The number of aryl methyl sites for hydroxylation is 2. The molecule has 1 aliphatic rings. The lowest BCUT2D eigenvalue weighted by Crippen LogP contribution is -2.39. The quantitative estimate of drug-likeness (QED) is 0.915. The molecular formula is C15H19N3O2.